The standard InChI is InChI=1S/C23H23N3O3/c1-3-16-8-4-6-10-19(16)26-22(27)17-12-13-24-20(14-17)23(28)25-15-18-9-5-7-11-21(18)29-2/h4-14H,3,15H2,1-2H3,(H,25,28)(H,26,27). The molecule has 3 rings (SSSR count). The number of aromatic nitrogens is 1. The van der Waals surface area contributed by atoms with E-state index in [0.29, 0.717) is 17.9 Å². The molecule has 0 bridgehead atoms. The first kappa shape index (κ1) is 20.1. The Kier molecular flexibility index (Phi) is 6.58. The van der Waals surface area contributed by atoms with Crippen LogP contribution in [0.1, 0.15) is 38.9 Å². The van der Waals surface area contributed by atoms with Gasteiger partial charge in [-0.05, 0) is 36.2 Å². The molecule has 0 atom stereocenters. The van der Waals surface area contributed by atoms with Crippen molar-refractivity contribution in [3.63, 3.8) is 0 Å². The molecule has 0 fully saturated rings. The van der Waals surface area contributed by atoms with E-state index in [1.54, 1.807) is 13.2 Å². The maximum Gasteiger partial charge on any atom is 0.270 e. The molecule has 0 aliphatic heterocycles. The number of rotatable bonds is 7. The van der Waals surface area contributed by atoms with Crippen LogP contribution in [0, 0.1) is 0 Å². The van der Waals surface area contributed by atoms with Crippen LogP contribution < -0.4 is 15.4 Å². The van der Waals surface area contributed by atoms with E-state index >= 15 is 0 Å². The Balaban J connectivity index is 1.70. The van der Waals surface area contributed by atoms with E-state index in [2.05, 4.69) is 15.6 Å². The summed E-state index contributed by atoms with van der Waals surface area (Å²) in [6.45, 7) is 2.33. The van der Waals surface area contributed by atoms with Crippen LogP contribution in [-0.4, -0.2) is 23.9 Å². The molecule has 0 radical (unpaired) electrons. The van der Waals surface area contributed by atoms with Crippen LogP contribution in [0.2, 0.25) is 0 Å². The topological polar surface area (TPSA) is 80.3 Å². The summed E-state index contributed by atoms with van der Waals surface area (Å²) >= 11 is 0. The van der Waals surface area contributed by atoms with Crippen molar-refractivity contribution in [1.82, 2.24) is 10.3 Å². The van der Waals surface area contributed by atoms with E-state index in [0.717, 1.165) is 23.2 Å². The highest BCUT2D eigenvalue weighted by Crippen LogP contribution is 2.18. The van der Waals surface area contributed by atoms with Crippen molar-refractivity contribution in [2.24, 2.45) is 0 Å². The maximum absolute atomic E-state index is 12.6. The van der Waals surface area contributed by atoms with Crippen molar-refractivity contribution >= 4 is 17.5 Å². The Labute approximate surface area is 169 Å². The minimum atomic E-state index is -0.362. The number of ether oxygens (including phenoxy) is 1. The van der Waals surface area contributed by atoms with Gasteiger partial charge in [0.25, 0.3) is 11.8 Å². The second kappa shape index (κ2) is 9.50. The number of carbonyl (C=O) groups excluding carboxylic acids is 2. The van der Waals surface area contributed by atoms with Gasteiger partial charge in [0.1, 0.15) is 11.4 Å². The molecule has 3 aromatic rings. The van der Waals surface area contributed by atoms with Crippen molar-refractivity contribution < 1.29 is 14.3 Å². The van der Waals surface area contributed by atoms with Gasteiger partial charge >= 0.3 is 0 Å². The van der Waals surface area contributed by atoms with Crippen molar-refractivity contribution in [2.45, 2.75) is 19.9 Å². The first-order chi connectivity index (χ1) is 14.1. The molecule has 2 amide bonds. The number of carbonyl (C=O) groups is 2. The van der Waals surface area contributed by atoms with Gasteiger partial charge in [-0.25, -0.2) is 0 Å². The molecule has 6 nitrogen and oxygen atoms in total. The summed E-state index contributed by atoms with van der Waals surface area (Å²) in [5.74, 6) is 0.0510. The molecule has 6 heteroatoms. The fourth-order valence-electron chi connectivity index (χ4n) is 2.96. The molecular weight excluding hydrogens is 366 g/mol. The highest BCUT2D eigenvalue weighted by atomic mass is 16.5. The third-order valence-electron chi connectivity index (χ3n) is 4.53. The van der Waals surface area contributed by atoms with E-state index in [1.807, 2.05) is 55.5 Å². The molecule has 0 unspecified atom stereocenters. The third-order valence-corrected chi connectivity index (χ3v) is 4.53. The number of amides is 2. The van der Waals surface area contributed by atoms with Crippen molar-refractivity contribution in [3.8, 4) is 5.75 Å². The summed E-state index contributed by atoms with van der Waals surface area (Å²) in [7, 11) is 1.58. The maximum atomic E-state index is 12.6. The summed E-state index contributed by atoms with van der Waals surface area (Å²) in [5, 5.41) is 5.71. The van der Waals surface area contributed by atoms with Gasteiger partial charge in [0.05, 0.1) is 7.11 Å². The molecule has 0 saturated heterocycles. The van der Waals surface area contributed by atoms with Crippen LogP contribution in [0.5, 0.6) is 5.75 Å². The number of anilines is 1. The molecule has 29 heavy (non-hydrogen) atoms. The largest absolute Gasteiger partial charge is 0.496 e. The number of pyridine rings is 1. The molecule has 0 aliphatic rings. The quantitative estimate of drug-likeness (QED) is 0.643. The van der Waals surface area contributed by atoms with Gasteiger partial charge < -0.3 is 15.4 Å². The first-order valence-corrected chi connectivity index (χ1v) is 9.37. The summed E-state index contributed by atoms with van der Waals surface area (Å²) in [6, 6.07) is 18.2. The Bertz CT molecular complexity index is 1020. The summed E-state index contributed by atoms with van der Waals surface area (Å²) in [6.07, 6.45) is 2.27. The molecule has 0 saturated carbocycles. The second-order valence-corrected chi connectivity index (χ2v) is 6.39. The number of nitrogens with zero attached hydrogens (tertiary/aromatic N) is 1. The fraction of sp³-hybridized carbons (Fsp3) is 0.174. The third kappa shape index (κ3) is 4.99. The molecule has 2 N–H and O–H groups in total. The number of para-hydroxylation sites is 2. The van der Waals surface area contributed by atoms with Gasteiger partial charge in [0, 0.05) is 29.6 Å². The highest BCUT2D eigenvalue weighted by Gasteiger charge is 2.13. The zero-order chi connectivity index (χ0) is 20.6. The molecule has 2 aromatic carbocycles. The van der Waals surface area contributed by atoms with Crippen molar-refractivity contribution in [3.05, 3.63) is 89.2 Å². The Morgan fingerprint density at radius 1 is 0.966 bits per heavy atom. The van der Waals surface area contributed by atoms with Crippen LogP contribution >= 0.6 is 0 Å². The molecular formula is C23H23N3O3. The summed E-state index contributed by atoms with van der Waals surface area (Å²) in [4.78, 5) is 29.2. The van der Waals surface area contributed by atoms with Crippen LogP contribution in [0.4, 0.5) is 5.69 Å². The van der Waals surface area contributed by atoms with Gasteiger partial charge in [-0.15, -0.1) is 0 Å². The van der Waals surface area contributed by atoms with E-state index in [4.69, 9.17) is 4.74 Å². The van der Waals surface area contributed by atoms with Gasteiger partial charge in [0.15, 0.2) is 0 Å². The van der Waals surface area contributed by atoms with E-state index < -0.39 is 0 Å². The minimum absolute atomic E-state index is 0.177. The van der Waals surface area contributed by atoms with Gasteiger partial charge in [-0.1, -0.05) is 43.3 Å². The number of benzene rings is 2. The Morgan fingerprint density at radius 3 is 2.45 bits per heavy atom. The number of hydrogen-bond donors (Lipinski definition) is 2. The van der Waals surface area contributed by atoms with Gasteiger partial charge in [0.2, 0.25) is 0 Å². The predicted molar refractivity (Wildman–Crippen MR) is 112 cm³/mol. The lowest BCUT2D eigenvalue weighted by Gasteiger charge is -2.11. The lowest BCUT2D eigenvalue weighted by Crippen LogP contribution is -2.24. The number of methoxy groups -OCH3 is 1. The lowest BCUT2D eigenvalue weighted by molar-refractivity contribution is 0.0945. The van der Waals surface area contributed by atoms with Crippen LogP contribution in [0.25, 0.3) is 0 Å². The molecule has 0 aliphatic carbocycles. The van der Waals surface area contributed by atoms with Crippen molar-refractivity contribution in [2.75, 3.05) is 12.4 Å². The van der Waals surface area contributed by atoms with E-state index in [9.17, 15) is 9.59 Å². The second-order valence-electron chi connectivity index (χ2n) is 6.39. The van der Waals surface area contributed by atoms with Gasteiger partial charge in [-0.3, -0.25) is 14.6 Å². The molecule has 1 heterocycles. The van der Waals surface area contributed by atoms with Crippen LogP contribution in [0.15, 0.2) is 66.9 Å². The SMILES string of the molecule is CCc1ccccc1NC(=O)c1ccnc(C(=O)NCc2ccccc2OC)c1. The lowest BCUT2D eigenvalue weighted by atomic mass is 10.1. The molecule has 1 aromatic heterocycles. The molecule has 0 spiro atoms. The first-order valence-electron chi connectivity index (χ1n) is 9.37. The van der Waals surface area contributed by atoms with Crippen molar-refractivity contribution in [1.29, 1.82) is 0 Å². The smallest absolute Gasteiger partial charge is 0.270 e. The molecule has 148 valence electrons. The van der Waals surface area contributed by atoms with E-state index in [-0.39, 0.29) is 17.5 Å². The van der Waals surface area contributed by atoms with E-state index in [1.165, 1.54) is 12.3 Å². The summed E-state index contributed by atoms with van der Waals surface area (Å²) < 4.78 is 5.29. The monoisotopic (exact) mass is 389 g/mol. The average Bonchev–Trinajstić information content (AvgIpc) is 2.78. The minimum Gasteiger partial charge on any atom is -0.496 e. The zero-order valence-electron chi connectivity index (χ0n) is 16.4. The Hall–Kier alpha value is -3.67. The fourth-order valence-corrected chi connectivity index (χ4v) is 2.96. The normalized spacial score (nSPS) is 10.3. The zero-order valence-corrected chi connectivity index (χ0v) is 16.4. The average molecular weight is 389 g/mol. The van der Waals surface area contributed by atoms with Crippen LogP contribution in [0.3, 0.4) is 0 Å². The van der Waals surface area contributed by atoms with Crippen LogP contribution in [-0.2, 0) is 13.0 Å². The highest BCUT2D eigenvalue weighted by molar-refractivity contribution is 6.06. The number of nitrogens with one attached hydrogen (secondary N) is 2. The van der Waals surface area contributed by atoms with Gasteiger partial charge in [-0.2, -0.15) is 0 Å². The predicted octanol–water partition coefficient (Wildman–Crippen LogP) is 3.83. The number of aryl methyl sites for hydroxylation is 1. The number of hydrogen-bond acceptors (Lipinski definition) is 4. The summed E-state index contributed by atoms with van der Waals surface area (Å²) in [5.41, 5.74) is 3.21. The Morgan fingerprint density at radius 2 is 1.69 bits per heavy atom.